The second-order valence-electron chi connectivity index (χ2n) is 6.16. The zero-order valence-corrected chi connectivity index (χ0v) is 17.2. The van der Waals surface area contributed by atoms with Crippen LogP contribution in [0.2, 0.25) is 5.02 Å². The molecule has 0 aliphatic carbocycles. The number of amides is 2. The first kappa shape index (κ1) is 20.3. The fourth-order valence-electron chi connectivity index (χ4n) is 2.70. The van der Waals surface area contributed by atoms with Gasteiger partial charge in [-0.2, -0.15) is 0 Å². The van der Waals surface area contributed by atoms with Crippen LogP contribution in [0.5, 0.6) is 11.5 Å². The first-order chi connectivity index (χ1) is 13.5. The van der Waals surface area contributed by atoms with Crippen LogP contribution < -0.4 is 9.47 Å². The van der Waals surface area contributed by atoms with Crippen LogP contribution in [0.4, 0.5) is 4.79 Å². The molecule has 0 N–H and O–H groups in total. The molecule has 0 bridgehead atoms. The van der Waals surface area contributed by atoms with E-state index >= 15 is 0 Å². The molecule has 0 spiro atoms. The van der Waals surface area contributed by atoms with E-state index in [1.54, 1.807) is 25.3 Å². The number of nitrogens with zero attached hydrogens (tertiary/aromatic N) is 1. The molecule has 1 heterocycles. The van der Waals surface area contributed by atoms with Crippen molar-refractivity contribution in [2.24, 2.45) is 0 Å². The fraction of sp³-hybridized carbons (Fsp3) is 0.238. The van der Waals surface area contributed by atoms with Crippen LogP contribution in [0.25, 0.3) is 6.08 Å². The highest BCUT2D eigenvalue weighted by Gasteiger charge is 2.34. The number of carbonyl (C=O) groups is 2. The molecular weight excluding hydrogens is 398 g/mol. The number of carbonyl (C=O) groups excluding carboxylic acids is 2. The zero-order chi connectivity index (χ0) is 20.1. The van der Waals surface area contributed by atoms with Crippen molar-refractivity contribution in [3.8, 4) is 11.5 Å². The molecule has 0 unspecified atom stereocenters. The number of thioether (sulfide) groups is 1. The lowest BCUT2D eigenvalue weighted by molar-refractivity contribution is -0.122. The molecule has 7 heteroatoms. The number of imide groups is 1. The van der Waals surface area contributed by atoms with E-state index in [-0.39, 0.29) is 11.1 Å². The summed E-state index contributed by atoms with van der Waals surface area (Å²) in [6.07, 6.45) is 2.44. The number of hydrogen-bond acceptors (Lipinski definition) is 5. The van der Waals surface area contributed by atoms with Crippen LogP contribution in [0.1, 0.15) is 24.5 Å². The van der Waals surface area contributed by atoms with Gasteiger partial charge in [-0.05, 0) is 59.7 Å². The molecule has 1 saturated heterocycles. The van der Waals surface area contributed by atoms with Crippen molar-refractivity contribution < 1.29 is 19.1 Å². The van der Waals surface area contributed by atoms with Gasteiger partial charge in [-0.3, -0.25) is 14.5 Å². The van der Waals surface area contributed by atoms with E-state index in [4.69, 9.17) is 21.1 Å². The highest BCUT2D eigenvalue weighted by Crippen LogP contribution is 2.34. The standard InChI is InChI=1S/C21H20ClNO4S/c1-3-10-23-20(24)19(28-21(23)25)12-15-6-9-17(18(11-15)26-2)27-13-14-4-7-16(22)8-5-14/h4-9,11-12H,3,10,13H2,1-2H3. The molecule has 0 atom stereocenters. The van der Waals surface area contributed by atoms with Gasteiger partial charge < -0.3 is 9.47 Å². The van der Waals surface area contributed by atoms with Gasteiger partial charge in [0.05, 0.1) is 12.0 Å². The van der Waals surface area contributed by atoms with E-state index in [0.29, 0.717) is 34.6 Å². The molecule has 0 aromatic heterocycles. The highest BCUT2D eigenvalue weighted by atomic mass is 35.5. The summed E-state index contributed by atoms with van der Waals surface area (Å²) in [5, 5.41) is 0.446. The molecule has 5 nitrogen and oxygen atoms in total. The molecule has 146 valence electrons. The first-order valence-corrected chi connectivity index (χ1v) is 10.0. The number of benzene rings is 2. The van der Waals surface area contributed by atoms with Crippen LogP contribution in [0.3, 0.4) is 0 Å². The molecule has 28 heavy (non-hydrogen) atoms. The van der Waals surface area contributed by atoms with Crippen LogP contribution in [-0.4, -0.2) is 29.7 Å². The Morgan fingerprint density at radius 1 is 1.11 bits per heavy atom. The summed E-state index contributed by atoms with van der Waals surface area (Å²) in [5.74, 6) is 0.892. The lowest BCUT2D eigenvalue weighted by Crippen LogP contribution is -2.28. The lowest BCUT2D eigenvalue weighted by Gasteiger charge is -2.12. The van der Waals surface area contributed by atoms with Crippen molar-refractivity contribution in [1.29, 1.82) is 0 Å². The predicted molar refractivity (Wildman–Crippen MR) is 112 cm³/mol. The normalized spacial score (nSPS) is 15.4. The third-order valence-electron chi connectivity index (χ3n) is 4.11. The Labute approximate surface area is 173 Å². The zero-order valence-electron chi connectivity index (χ0n) is 15.6. The van der Waals surface area contributed by atoms with Gasteiger partial charge in [-0.15, -0.1) is 0 Å². The monoisotopic (exact) mass is 417 g/mol. The van der Waals surface area contributed by atoms with Gasteiger partial charge >= 0.3 is 0 Å². The van der Waals surface area contributed by atoms with Gasteiger partial charge in [0.2, 0.25) is 0 Å². The number of methoxy groups -OCH3 is 1. The van der Waals surface area contributed by atoms with Gasteiger partial charge in [0.1, 0.15) is 6.61 Å². The van der Waals surface area contributed by atoms with Crippen molar-refractivity contribution in [2.45, 2.75) is 20.0 Å². The molecule has 2 aromatic carbocycles. The van der Waals surface area contributed by atoms with E-state index < -0.39 is 0 Å². The van der Waals surface area contributed by atoms with Gasteiger partial charge in [0, 0.05) is 11.6 Å². The van der Waals surface area contributed by atoms with Crippen LogP contribution in [-0.2, 0) is 11.4 Å². The number of halogens is 1. The van der Waals surface area contributed by atoms with Gasteiger partial charge in [-0.1, -0.05) is 36.7 Å². The highest BCUT2D eigenvalue weighted by molar-refractivity contribution is 8.18. The molecule has 1 fully saturated rings. The summed E-state index contributed by atoms with van der Waals surface area (Å²) in [6.45, 7) is 2.74. The Bertz CT molecular complexity index is 911. The largest absolute Gasteiger partial charge is 0.493 e. The maximum Gasteiger partial charge on any atom is 0.293 e. The van der Waals surface area contributed by atoms with Gasteiger partial charge in [-0.25, -0.2) is 0 Å². The van der Waals surface area contributed by atoms with Gasteiger partial charge in [0.25, 0.3) is 11.1 Å². The summed E-state index contributed by atoms with van der Waals surface area (Å²) in [5.41, 5.74) is 1.75. The van der Waals surface area contributed by atoms with Crippen LogP contribution >= 0.6 is 23.4 Å². The Morgan fingerprint density at radius 3 is 2.54 bits per heavy atom. The van der Waals surface area contributed by atoms with Crippen molar-refractivity contribution >= 4 is 40.6 Å². The lowest BCUT2D eigenvalue weighted by atomic mass is 10.1. The van der Waals surface area contributed by atoms with E-state index in [1.807, 2.05) is 37.3 Å². The average Bonchev–Trinajstić information content (AvgIpc) is 2.96. The second kappa shape index (κ2) is 9.17. The number of rotatable bonds is 7. The summed E-state index contributed by atoms with van der Waals surface area (Å²) in [6, 6.07) is 12.8. The SMILES string of the molecule is CCCN1C(=O)SC(=Cc2ccc(OCc3ccc(Cl)cc3)c(OC)c2)C1=O. The Hall–Kier alpha value is -2.44. The minimum atomic E-state index is -0.251. The molecule has 3 rings (SSSR count). The van der Waals surface area contributed by atoms with Crippen molar-refractivity contribution in [1.82, 2.24) is 4.90 Å². The molecule has 1 aliphatic rings. The third kappa shape index (κ3) is 4.69. The first-order valence-electron chi connectivity index (χ1n) is 8.82. The number of ether oxygens (including phenoxy) is 2. The smallest absolute Gasteiger partial charge is 0.293 e. The van der Waals surface area contributed by atoms with E-state index in [0.717, 1.165) is 29.3 Å². The fourth-order valence-corrected chi connectivity index (χ4v) is 3.69. The maximum atomic E-state index is 12.4. The maximum absolute atomic E-state index is 12.4. The minimum Gasteiger partial charge on any atom is -0.493 e. The Balaban J connectivity index is 1.75. The third-order valence-corrected chi connectivity index (χ3v) is 5.27. The molecular formula is C21H20ClNO4S. The summed E-state index contributed by atoms with van der Waals surface area (Å²) < 4.78 is 11.3. The van der Waals surface area contributed by atoms with Crippen molar-refractivity contribution in [3.63, 3.8) is 0 Å². The Kier molecular flexibility index (Phi) is 6.65. The van der Waals surface area contributed by atoms with E-state index in [9.17, 15) is 9.59 Å². The van der Waals surface area contributed by atoms with E-state index in [1.165, 1.54) is 4.90 Å². The predicted octanol–water partition coefficient (Wildman–Crippen LogP) is 5.37. The second-order valence-corrected chi connectivity index (χ2v) is 7.59. The minimum absolute atomic E-state index is 0.229. The molecule has 2 aromatic rings. The average molecular weight is 418 g/mol. The molecule has 1 aliphatic heterocycles. The summed E-state index contributed by atoms with van der Waals surface area (Å²) in [7, 11) is 1.56. The number of hydrogen-bond donors (Lipinski definition) is 0. The molecule has 0 saturated carbocycles. The Morgan fingerprint density at radius 2 is 1.86 bits per heavy atom. The quantitative estimate of drug-likeness (QED) is 0.566. The molecule has 0 radical (unpaired) electrons. The van der Waals surface area contributed by atoms with Crippen molar-refractivity contribution in [2.75, 3.05) is 13.7 Å². The van der Waals surface area contributed by atoms with Crippen molar-refractivity contribution in [3.05, 3.63) is 63.5 Å². The topological polar surface area (TPSA) is 55.8 Å². The van der Waals surface area contributed by atoms with Crippen LogP contribution in [0.15, 0.2) is 47.4 Å². The summed E-state index contributed by atoms with van der Waals surface area (Å²) in [4.78, 5) is 26.0. The van der Waals surface area contributed by atoms with Crippen LogP contribution in [0, 0.1) is 0 Å². The molecule has 2 amide bonds. The summed E-state index contributed by atoms with van der Waals surface area (Å²) >= 11 is 6.85. The van der Waals surface area contributed by atoms with Gasteiger partial charge in [0.15, 0.2) is 11.5 Å². The van der Waals surface area contributed by atoms with E-state index in [2.05, 4.69) is 0 Å².